The summed E-state index contributed by atoms with van der Waals surface area (Å²) in [7, 11) is 1.72. The van der Waals surface area contributed by atoms with Crippen LogP contribution in [0.5, 0.6) is 0 Å². The van der Waals surface area contributed by atoms with Crippen LogP contribution in [0.2, 0.25) is 0 Å². The Balaban J connectivity index is 0.00000289. The molecule has 7 heteroatoms. The zero-order valence-electron chi connectivity index (χ0n) is 19.5. The van der Waals surface area contributed by atoms with E-state index in [2.05, 4.69) is 61.3 Å². The molecule has 0 bridgehead atoms. The molecule has 174 valence electrons. The van der Waals surface area contributed by atoms with E-state index in [9.17, 15) is 4.79 Å². The Hall–Kier alpha value is -1.99. The van der Waals surface area contributed by atoms with Crippen LogP contribution in [-0.4, -0.2) is 67.8 Å². The van der Waals surface area contributed by atoms with Crippen molar-refractivity contribution in [2.24, 2.45) is 0 Å². The first-order chi connectivity index (χ1) is 14.9. The van der Waals surface area contributed by atoms with Gasteiger partial charge in [0.1, 0.15) is 0 Å². The molecule has 4 rings (SSSR count). The third kappa shape index (κ3) is 5.31. The van der Waals surface area contributed by atoms with Crippen LogP contribution < -0.4 is 10.2 Å². The van der Waals surface area contributed by atoms with E-state index in [-0.39, 0.29) is 29.8 Å². The largest absolute Gasteiger partial charge is 0.383 e. The topological polar surface area (TPSA) is 57.7 Å². The molecule has 3 heterocycles. The smallest absolute Gasteiger partial charge is 0.241 e. The monoisotopic (exact) mass is 458 g/mol. The van der Waals surface area contributed by atoms with Gasteiger partial charge in [-0.1, -0.05) is 44.2 Å². The fourth-order valence-electron chi connectivity index (χ4n) is 4.77. The quantitative estimate of drug-likeness (QED) is 0.721. The van der Waals surface area contributed by atoms with Crippen LogP contribution in [0.1, 0.15) is 37.6 Å². The van der Waals surface area contributed by atoms with Crippen LogP contribution in [0, 0.1) is 0 Å². The van der Waals surface area contributed by atoms with Crippen molar-refractivity contribution >= 4 is 24.0 Å². The van der Waals surface area contributed by atoms with Gasteiger partial charge in [-0.25, -0.2) is 0 Å². The molecule has 1 fully saturated rings. The first-order valence-corrected chi connectivity index (χ1v) is 11.2. The van der Waals surface area contributed by atoms with Gasteiger partial charge in [0, 0.05) is 50.4 Å². The highest BCUT2D eigenvalue weighted by atomic mass is 35.5. The molecule has 1 aromatic carbocycles. The zero-order valence-corrected chi connectivity index (χ0v) is 20.3. The van der Waals surface area contributed by atoms with Crippen molar-refractivity contribution in [1.29, 1.82) is 0 Å². The average Bonchev–Trinajstić information content (AvgIpc) is 3.01. The van der Waals surface area contributed by atoms with E-state index in [0.717, 1.165) is 36.5 Å². The number of nitrogens with zero attached hydrogens (tertiary/aromatic N) is 3. The minimum atomic E-state index is -0.154. The lowest BCUT2D eigenvalue weighted by atomic mass is 9.91. The van der Waals surface area contributed by atoms with E-state index in [1.807, 2.05) is 17.2 Å². The highest BCUT2D eigenvalue weighted by molar-refractivity contribution is 5.97. The molecule has 0 unspecified atom stereocenters. The van der Waals surface area contributed by atoms with Gasteiger partial charge in [-0.3, -0.25) is 14.7 Å². The van der Waals surface area contributed by atoms with E-state index in [1.54, 1.807) is 7.11 Å². The van der Waals surface area contributed by atoms with Crippen LogP contribution in [-0.2, 0) is 21.4 Å². The van der Waals surface area contributed by atoms with E-state index < -0.39 is 0 Å². The molecule has 2 aromatic rings. The molecule has 1 amide bonds. The molecule has 0 radical (unpaired) electrons. The number of hydrogen-bond acceptors (Lipinski definition) is 5. The van der Waals surface area contributed by atoms with Crippen LogP contribution >= 0.6 is 12.4 Å². The number of ether oxygens (including phenoxy) is 1. The van der Waals surface area contributed by atoms with Gasteiger partial charge >= 0.3 is 0 Å². The summed E-state index contributed by atoms with van der Waals surface area (Å²) in [5, 5.41) is 3.49. The fourth-order valence-corrected chi connectivity index (χ4v) is 4.77. The number of amides is 1. The number of pyridine rings is 1. The number of piperazine rings is 1. The molecule has 0 saturated carbocycles. The number of carbonyl (C=O) groups excluding carboxylic acids is 1. The third-order valence-electron chi connectivity index (χ3n) is 6.39. The summed E-state index contributed by atoms with van der Waals surface area (Å²) in [5.74, 6) is 0.140. The van der Waals surface area contributed by atoms with Crippen LogP contribution in [0.25, 0.3) is 0 Å². The van der Waals surface area contributed by atoms with Gasteiger partial charge in [-0.15, -0.1) is 12.4 Å². The van der Waals surface area contributed by atoms with E-state index in [0.29, 0.717) is 25.7 Å². The summed E-state index contributed by atoms with van der Waals surface area (Å²) in [5.41, 5.74) is 4.21. The minimum Gasteiger partial charge on any atom is -0.383 e. The number of rotatable bonds is 6. The number of nitrogens with one attached hydrogen (secondary N) is 1. The Morgan fingerprint density at radius 2 is 2.00 bits per heavy atom. The standard InChI is InChI=1S/C25H34N4O2.ClH/c1-18-14-28(21(13-26-18)16-31-4)15-23(30)29-17-25(2,3)24-22(29)11-20(12-27-24)10-19-8-6-5-7-9-19;/h5-9,11-12,18,21,26H,10,13-17H2,1-4H3;1H/t18-,21-;/m1./s1. The molecular weight excluding hydrogens is 424 g/mol. The summed E-state index contributed by atoms with van der Waals surface area (Å²) in [6.07, 6.45) is 2.78. The van der Waals surface area contributed by atoms with Gasteiger partial charge in [0.2, 0.25) is 5.91 Å². The summed E-state index contributed by atoms with van der Waals surface area (Å²) >= 11 is 0. The van der Waals surface area contributed by atoms with Crippen molar-refractivity contribution in [3.8, 4) is 0 Å². The Morgan fingerprint density at radius 3 is 2.72 bits per heavy atom. The van der Waals surface area contributed by atoms with Crippen molar-refractivity contribution in [3.05, 3.63) is 59.4 Å². The Kier molecular flexibility index (Phi) is 7.93. The molecule has 1 saturated heterocycles. The number of methoxy groups -OCH3 is 1. The van der Waals surface area contributed by atoms with E-state index >= 15 is 0 Å². The fraction of sp³-hybridized carbons (Fsp3) is 0.520. The molecule has 0 aliphatic carbocycles. The summed E-state index contributed by atoms with van der Waals surface area (Å²) in [6, 6.07) is 13.1. The third-order valence-corrected chi connectivity index (χ3v) is 6.39. The summed E-state index contributed by atoms with van der Waals surface area (Å²) < 4.78 is 5.40. The van der Waals surface area contributed by atoms with Crippen molar-refractivity contribution in [1.82, 2.24) is 15.2 Å². The summed E-state index contributed by atoms with van der Waals surface area (Å²) in [6.45, 7) is 9.88. The van der Waals surface area contributed by atoms with Crippen LogP contribution in [0.3, 0.4) is 0 Å². The highest BCUT2D eigenvalue weighted by Gasteiger charge is 2.40. The van der Waals surface area contributed by atoms with Gasteiger partial charge in [0.05, 0.1) is 24.5 Å². The Bertz CT molecular complexity index is 921. The zero-order chi connectivity index (χ0) is 22.0. The molecular formula is C25H35ClN4O2. The van der Waals surface area contributed by atoms with Crippen LogP contribution in [0.15, 0.2) is 42.6 Å². The van der Waals surface area contributed by atoms with Gasteiger partial charge in [-0.05, 0) is 30.5 Å². The summed E-state index contributed by atoms with van der Waals surface area (Å²) in [4.78, 5) is 22.5. The number of hydrogen-bond donors (Lipinski definition) is 1. The molecule has 6 nitrogen and oxygen atoms in total. The molecule has 2 aliphatic heterocycles. The van der Waals surface area contributed by atoms with Crippen molar-refractivity contribution in [3.63, 3.8) is 0 Å². The molecule has 1 aromatic heterocycles. The molecule has 32 heavy (non-hydrogen) atoms. The van der Waals surface area contributed by atoms with Gasteiger partial charge < -0.3 is 15.0 Å². The van der Waals surface area contributed by atoms with Gasteiger partial charge in [0.25, 0.3) is 0 Å². The van der Waals surface area contributed by atoms with E-state index in [1.165, 1.54) is 5.56 Å². The second-order valence-corrected chi connectivity index (χ2v) is 9.59. The van der Waals surface area contributed by atoms with Crippen molar-refractivity contribution in [2.75, 3.05) is 44.8 Å². The molecule has 2 aliphatic rings. The van der Waals surface area contributed by atoms with Gasteiger partial charge in [-0.2, -0.15) is 0 Å². The second kappa shape index (κ2) is 10.3. The average molecular weight is 459 g/mol. The predicted molar refractivity (Wildman–Crippen MR) is 131 cm³/mol. The van der Waals surface area contributed by atoms with E-state index in [4.69, 9.17) is 9.72 Å². The second-order valence-electron chi connectivity index (χ2n) is 9.59. The number of benzene rings is 1. The molecule has 1 N–H and O–H groups in total. The number of aromatic nitrogens is 1. The number of carbonyl (C=O) groups is 1. The van der Waals surface area contributed by atoms with Gasteiger partial charge in [0.15, 0.2) is 0 Å². The first kappa shape index (κ1) is 24.6. The maximum atomic E-state index is 13.5. The lowest BCUT2D eigenvalue weighted by Gasteiger charge is -2.39. The number of fused-ring (bicyclic) bond motifs is 1. The highest BCUT2D eigenvalue weighted by Crippen LogP contribution is 2.39. The lowest BCUT2D eigenvalue weighted by Crippen LogP contribution is -2.59. The normalized spacial score (nSPS) is 22.3. The van der Waals surface area contributed by atoms with Crippen molar-refractivity contribution < 1.29 is 9.53 Å². The minimum absolute atomic E-state index is 0. The first-order valence-electron chi connectivity index (χ1n) is 11.2. The molecule has 2 atom stereocenters. The molecule has 0 spiro atoms. The predicted octanol–water partition coefficient (Wildman–Crippen LogP) is 3.03. The maximum absolute atomic E-state index is 13.5. The SMILES string of the molecule is COC[C@H]1CN[C@H](C)CN1CC(=O)N1CC(C)(C)c2ncc(Cc3ccccc3)cc21.Cl. The van der Waals surface area contributed by atoms with Crippen LogP contribution in [0.4, 0.5) is 5.69 Å². The maximum Gasteiger partial charge on any atom is 0.241 e. The Morgan fingerprint density at radius 1 is 1.25 bits per heavy atom. The van der Waals surface area contributed by atoms with Crippen molar-refractivity contribution in [2.45, 2.75) is 44.7 Å². The lowest BCUT2D eigenvalue weighted by molar-refractivity contribution is -0.121. The number of anilines is 1. The Labute approximate surface area is 197 Å². The number of halogens is 1.